The highest BCUT2D eigenvalue weighted by molar-refractivity contribution is 7.13. The Morgan fingerprint density at radius 2 is 2.08 bits per heavy atom. The van der Waals surface area contributed by atoms with Gasteiger partial charge < -0.3 is 4.90 Å². The maximum Gasteiger partial charge on any atom is 0.273 e. The highest BCUT2D eigenvalue weighted by Crippen LogP contribution is 2.31. The molecule has 25 heavy (non-hydrogen) atoms. The summed E-state index contributed by atoms with van der Waals surface area (Å²) >= 11 is 1.49. The Labute approximate surface area is 150 Å². The quantitative estimate of drug-likeness (QED) is 0.704. The molecule has 2 aromatic heterocycles. The molecule has 6 heteroatoms. The average molecular weight is 352 g/mol. The zero-order valence-corrected chi connectivity index (χ0v) is 15.2. The Bertz CT molecular complexity index is 892. The van der Waals surface area contributed by atoms with E-state index in [1.165, 1.54) is 16.9 Å². The van der Waals surface area contributed by atoms with Crippen molar-refractivity contribution in [1.82, 2.24) is 19.7 Å². The second-order valence-electron chi connectivity index (χ2n) is 6.59. The van der Waals surface area contributed by atoms with Crippen LogP contribution in [-0.4, -0.2) is 31.6 Å². The largest absolute Gasteiger partial charge is 0.330 e. The Kier molecular flexibility index (Phi) is 4.13. The van der Waals surface area contributed by atoms with Gasteiger partial charge in [-0.15, -0.1) is 11.3 Å². The van der Waals surface area contributed by atoms with Gasteiger partial charge in [-0.05, 0) is 25.3 Å². The van der Waals surface area contributed by atoms with Crippen LogP contribution in [0.25, 0.3) is 10.6 Å². The minimum Gasteiger partial charge on any atom is -0.330 e. The number of benzene rings is 1. The molecule has 0 aliphatic heterocycles. The van der Waals surface area contributed by atoms with Crippen LogP contribution in [0.4, 0.5) is 0 Å². The smallest absolute Gasteiger partial charge is 0.273 e. The molecule has 1 saturated carbocycles. The summed E-state index contributed by atoms with van der Waals surface area (Å²) < 4.78 is 1.74. The molecule has 1 aromatic carbocycles. The number of hydrogen-bond donors (Lipinski definition) is 0. The van der Waals surface area contributed by atoms with Gasteiger partial charge in [-0.2, -0.15) is 5.10 Å². The standard InChI is InChI=1S/C19H20N4OS/c1-13-3-5-14(6-4-13)10-23(16-7-8-16)19(24)17-12-25-18(21-17)15-9-20-22(2)11-15/h3-6,9,11-12,16H,7-8,10H2,1-2H3. The first kappa shape index (κ1) is 16.0. The highest BCUT2D eigenvalue weighted by atomic mass is 32.1. The molecule has 2 heterocycles. The molecule has 0 spiro atoms. The van der Waals surface area contributed by atoms with Crippen LogP contribution in [0.1, 0.15) is 34.5 Å². The number of rotatable bonds is 5. The van der Waals surface area contributed by atoms with Crippen LogP contribution in [-0.2, 0) is 13.6 Å². The summed E-state index contributed by atoms with van der Waals surface area (Å²) in [6, 6.07) is 8.72. The first-order chi connectivity index (χ1) is 12.1. The summed E-state index contributed by atoms with van der Waals surface area (Å²) in [5.41, 5.74) is 3.87. The minimum absolute atomic E-state index is 0.0227. The lowest BCUT2D eigenvalue weighted by molar-refractivity contribution is 0.0725. The lowest BCUT2D eigenvalue weighted by Crippen LogP contribution is -2.32. The van der Waals surface area contributed by atoms with Crippen molar-refractivity contribution < 1.29 is 4.79 Å². The highest BCUT2D eigenvalue weighted by Gasteiger charge is 2.34. The van der Waals surface area contributed by atoms with E-state index in [4.69, 9.17) is 0 Å². The molecule has 1 fully saturated rings. The Balaban J connectivity index is 1.55. The van der Waals surface area contributed by atoms with Gasteiger partial charge in [0, 0.05) is 36.8 Å². The van der Waals surface area contributed by atoms with Gasteiger partial charge in [0.2, 0.25) is 0 Å². The third-order valence-corrected chi connectivity index (χ3v) is 5.29. The molecule has 1 aliphatic rings. The zero-order chi connectivity index (χ0) is 17.4. The van der Waals surface area contributed by atoms with E-state index in [-0.39, 0.29) is 5.91 Å². The van der Waals surface area contributed by atoms with Gasteiger partial charge in [-0.25, -0.2) is 4.98 Å². The maximum absolute atomic E-state index is 13.0. The lowest BCUT2D eigenvalue weighted by Gasteiger charge is -2.21. The fourth-order valence-corrected chi connectivity index (χ4v) is 3.60. The molecular formula is C19H20N4OS. The average Bonchev–Trinajstić information content (AvgIpc) is 3.15. The van der Waals surface area contributed by atoms with Gasteiger partial charge in [0.1, 0.15) is 10.7 Å². The number of hydrogen-bond acceptors (Lipinski definition) is 4. The minimum atomic E-state index is 0.0227. The van der Waals surface area contributed by atoms with Crippen LogP contribution in [0.3, 0.4) is 0 Å². The summed E-state index contributed by atoms with van der Waals surface area (Å²) in [4.78, 5) is 19.5. The SMILES string of the molecule is Cc1ccc(CN(C(=O)c2csc(-c3cnn(C)c3)n2)C2CC2)cc1. The van der Waals surface area contributed by atoms with E-state index >= 15 is 0 Å². The number of amides is 1. The Morgan fingerprint density at radius 1 is 1.32 bits per heavy atom. The van der Waals surface area contributed by atoms with E-state index in [1.807, 2.05) is 23.5 Å². The van der Waals surface area contributed by atoms with Gasteiger partial charge in [-0.1, -0.05) is 29.8 Å². The second kappa shape index (κ2) is 6.44. The van der Waals surface area contributed by atoms with Crippen LogP contribution in [0, 0.1) is 6.92 Å². The number of nitrogens with zero attached hydrogens (tertiary/aromatic N) is 4. The first-order valence-electron chi connectivity index (χ1n) is 8.41. The van der Waals surface area contributed by atoms with Crippen LogP contribution in [0.2, 0.25) is 0 Å². The molecule has 5 nitrogen and oxygen atoms in total. The topological polar surface area (TPSA) is 51.0 Å². The monoisotopic (exact) mass is 352 g/mol. The maximum atomic E-state index is 13.0. The molecule has 0 bridgehead atoms. The number of carbonyl (C=O) groups is 1. The summed E-state index contributed by atoms with van der Waals surface area (Å²) in [6.07, 6.45) is 5.85. The first-order valence-corrected chi connectivity index (χ1v) is 9.29. The summed E-state index contributed by atoms with van der Waals surface area (Å²) in [5.74, 6) is 0.0227. The van der Waals surface area contributed by atoms with E-state index < -0.39 is 0 Å². The van der Waals surface area contributed by atoms with Gasteiger partial charge in [-0.3, -0.25) is 9.48 Å². The van der Waals surface area contributed by atoms with Crippen LogP contribution in [0.5, 0.6) is 0 Å². The second-order valence-corrected chi connectivity index (χ2v) is 7.45. The van der Waals surface area contributed by atoms with Crippen molar-refractivity contribution >= 4 is 17.2 Å². The predicted octanol–water partition coefficient (Wildman–Crippen LogP) is 3.66. The zero-order valence-electron chi connectivity index (χ0n) is 14.3. The van der Waals surface area contributed by atoms with E-state index in [1.54, 1.807) is 10.9 Å². The summed E-state index contributed by atoms with van der Waals surface area (Å²) in [5, 5.41) is 6.86. The Morgan fingerprint density at radius 3 is 2.72 bits per heavy atom. The van der Waals surface area contributed by atoms with Crippen molar-refractivity contribution in [2.24, 2.45) is 7.05 Å². The van der Waals surface area contributed by atoms with Crippen LogP contribution in [0.15, 0.2) is 42.0 Å². The summed E-state index contributed by atoms with van der Waals surface area (Å²) in [7, 11) is 1.87. The number of thiazole rings is 1. The van der Waals surface area contributed by atoms with Crippen molar-refractivity contribution in [3.63, 3.8) is 0 Å². The molecule has 0 saturated heterocycles. The Hall–Kier alpha value is -2.47. The molecule has 4 rings (SSSR count). The molecular weight excluding hydrogens is 332 g/mol. The fraction of sp³-hybridized carbons (Fsp3) is 0.316. The molecule has 3 aromatic rings. The van der Waals surface area contributed by atoms with Gasteiger partial charge >= 0.3 is 0 Å². The van der Waals surface area contributed by atoms with Gasteiger partial charge in [0.25, 0.3) is 5.91 Å². The molecule has 128 valence electrons. The van der Waals surface area contributed by atoms with E-state index in [9.17, 15) is 4.79 Å². The lowest BCUT2D eigenvalue weighted by atomic mass is 10.1. The third kappa shape index (κ3) is 3.49. The normalized spacial score (nSPS) is 13.8. The van der Waals surface area contributed by atoms with E-state index in [2.05, 4.69) is 41.3 Å². The van der Waals surface area contributed by atoms with E-state index in [0.717, 1.165) is 29.0 Å². The van der Waals surface area contributed by atoms with Crippen molar-refractivity contribution in [3.05, 3.63) is 58.9 Å². The number of carbonyl (C=O) groups excluding carboxylic acids is 1. The van der Waals surface area contributed by atoms with Crippen LogP contribution >= 0.6 is 11.3 Å². The number of aryl methyl sites for hydroxylation is 2. The van der Waals surface area contributed by atoms with Gasteiger partial charge in [0.15, 0.2) is 0 Å². The predicted molar refractivity (Wildman–Crippen MR) is 98.4 cm³/mol. The van der Waals surface area contributed by atoms with Crippen LogP contribution < -0.4 is 0 Å². The molecule has 0 radical (unpaired) electrons. The molecule has 0 unspecified atom stereocenters. The molecule has 1 amide bonds. The van der Waals surface area contributed by atoms with Crippen molar-refractivity contribution in [2.45, 2.75) is 32.4 Å². The molecule has 1 aliphatic carbocycles. The van der Waals surface area contributed by atoms with Crippen molar-refractivity contribution in [3.8, 4) is 10.6 Å². The van der Waals surface area contributed by atoms with Crippen molar-refractivity contribution in [2.75, 3.05) is 0 Å². The molecule has 0 atom stereocenters. The van der Waals surface area contributed by atoms with Crippen molar-refractivity contribution in [1.29, 1.82) is 0 Å². The number of aromatic nitrogens is 3. The third-order valence-electron chi connectivity index (χ3n) is 4.40. The molecule has 0 N–H and O–H groups in total. The fourth-order valence-electron chi connectivity index (χ4n) is 2.83. The van der Waals surface area contributed by atoms with Gasteiger partial charge in [0.05, 0.1) is 6.20 Å². The van der Waals surface area contributed by atoms with E-state index in [0.29, 0.717) is 18.3 Å². The summed E-state index contributed by atoms with van der Waals surface area (Å²) in [6.45, 7) is 2.71.